The second-order valence-corrected chi connectivity index (χ2v) is 1.21. The van der Waals surface area contributed by atoms with Crippen LogP contribution in [-0.2, 0) is 4.79 Å². The quantitative estimate of drug-likeness (QED) is 0.477. The van der Waals surface area contributed by atoms with Crippen LogP contribution in [0.2, 0.25) is 0 Å². The van der Waals surface area contributed by atoms with E-state index in [4.69, 9.17) is 0 Å². The Bertz CT molecular complexity index is 48.8. The van der Waals surface area contributed by atoms with E-state index in [9.17, 15) is 4.79 Å². The Morgan fingerprint density at radius 1 is 2.00 bits per heavy atom. The van der Waals surface area contributed by atoms with Crippen molar-refractivity contribution in [1.82, 2.24) is 5.09 Å². The second kappa shape index (κ2) is 3.10. The minimum atomic E-state index is 0.0556. The summed E-state index contributed by atoms with van der Waals surface area (Å²) >= 11 is 0. The van der Waals surface area contributed by atoms with E-state index in [1.54, 1.807) is 6.92 Å². The average Bonchev–Trinajstić information content (AvgIpc) is 1.65. The Morgan fingerprint density at radius 3 is 2.50 bits per heavy atom. The standard InChI is InChI=1S/C3H8NOP/c1-2-3(5)4-6/h2,6H2,1H3,(H,4,5). The summed E-state index contributed by atoms with van der Waals surface area (Å²) in [6.45, 7) is 1.80. The van der Waals surface area contributed by atoms with Crippen molar-refractivity contribution in [3.8, 4) is 0 Å². The molecular weight excluding hydrogens is 97.0 g/mol. The molecule has 6 heavy (non-hydrogen) atoms. The molecule has 0 aliphatic heterocycles. The second-order valence-electron chi connectivity index (χ2n) is 0.921. The largest absolute Gasteiger partial charge is 0.341 e. The molecule has 36 valence electrons. The topological polar surface area (TPSA) is 29.1 Å². The number of amides is 1. The molecule has 0 aromatic carbocycles. The number of rotatable bonds is 1. The molecule has 1 amide bonds. The van der Waals surface area contributed by atoms with Crippen LogP contribution in [0, 0.1) is 0 Å². The summed E-state index contributed by atoms with van der Waals surface area (Å²) in [7, 11) is 2.14. The zero-order valence-corrected chi connectivity index (χ0v) is 4.85. The van der Waals surface area contributed by atoms with Crippen LogP contribution in [0.15, 0.2) is 0 Å². The Labute approximate surface area is 39.6 Å². The first-order valence-electron chi connectivity index (χ1n) is 1.80. The van der Waals surface area contributed by atoms with Gasteiger partial charge in [0.15, 0.2) is 0 Å². The molecule has 0 spiro atoms. The molecule has 0 saturated heterocycles. The first-order chi connectivity index (χ1) is 2.81. The molecule has 0 bridgehead atoms. The van der Waals surface area contributed by atoms with Crippen molar-refractivity contribution in [2.75, 3.05) is 0 Å². The van der Waals surface area contributed by atoms with Crippen molar-refractivity contribution < 1.29 is 4.79 Å². The van der Waals surface area contributed by atoms with Crippen LogP contribution in [0.4, 0.5) is 0 Å². The number of carbonyl (C=O) groups is 1. The van der Waals surface area contributed by atoms with Crippen LogP contribution in [0.3, 0.4) is 0 Å². The van der Waals surface area contributed by atoms with Gasteiger partial charge in [-0.25, -0.2) is 0 Å². The first kappa shape index (κ1) is 5.90. The average molecular weight is 105 g/mol. The lowest BCUT2D eigenvalue weighted by molar-refractivity contribution is -0.118. The van der Waals surface area contributed by atoms with Gasteiger partial charge in [0.1, 0.15) is 0 Å². The smallest absolute Gasteiger partial charge is 0.222 e. The van der Waals surface area contributed by atoms with Crippen LogP contribution in [0.25, 0.3) is 0 Å². The Morgan fingerprint density at radius 2 is 2.50 bits per heavy atom. The van der Waals surface area contributed by atoms with Crippen molar-refractivity contribution >= 4 is 15.3 Å². The normalized spacial score (nSPS) is 7.67. The van der Waals surface area contributed by atoms with Crippen molar-refractivity contribution in [1.29, 1.82) is 0 Å². The number of carbonyl (C=O) groups excluding carboxylic acids is 1. The number of hydrogen-bond donors (Lipinski definition) is 1. The van der Waals surface area contributed by atoms with Crippen LogP contribution in [0.1, 0.15) is 13.3 Å². The lowest BCUT2D eigenvalue weighted by Crippen LogP contribution is -2.08. The molecule has 0 heterocycles. The zero-order valence-electron chi connectivity index (χ0n) is 3.69. The number of hydrogen-bond acceptors (Lipinski definition) is 1. The highest BCUT2D eigenvalue weighted by Crippen LogP contribution is 1.75. The van der Waals surface area contributed by atoms with Crippen molar-refractivity contribution in [2.45, 2.75) is 13.3 Å². The molecule has 2 nitrogen and oxygen atoms in total. The van der Waals surface area contributed by atoms with Gasteiger partial charge in [-0.05, 0) is 9.39 Å². The van der Waals surface area contributed by atoms with Gasteiger partial charge in [-0.2, -0.15) is 0 Å². The fraction of sp³-hybridized carbons (Fsp3) is 0.667. The molecule has 0 aromatic rings. The summed E-state index contributed by atoms with van der Waals surface area (Å²) < 4.78 is 0. The summed E-state index contributed by atoms with van der Waals surface area (Å²) in [6.07, 6.45) is 0.559. The van der Waals surface area contributed by atoms with E-state index in [0.717, 1.165) is 0 Å². The van der Waals surface area contributed by atoms with Crippen LogP contribution < -0.4 is 5.09 Å². The molecule has 0 fully saturated rings. The molecule has 0 aromatic heterocycles. The summed E-state index contributed by atoms with van der Waals surface area (Å²) in [6, 6.07) is 0. The Balaban J connectivity index is 2.99. The maximum Gasteiger partial charge on any atom is 0.222 e. The van der Waals surface area contributed by atoms with Gasteiger partial charge in [-0.15, -0.1) is 0 Å². The van der Waals surface area contributed by atoms with Crippen molar-refractivity contribution in [3.05, 3.63) is 0 Å². The predicted molar refractivity (Wildman–Crippen MR) is 28.1 cm³/mol. The van der Waals surface area contributed by atoms with Gasteiger partial charge in [0.2, 0.25) is 5.91 Å². The lowest BCUT2D eigenvalue weighted by Gasteiger charge is -1.86. The van der Waals surface area contributed by atoms with Gasteiger partial charge < -0.3 is 5.09 Å². The van der Waals surface area contributed by atoms with Gasteiger partial charge >= 0.3 is 0 Å². The minimum absolute atomic E-state index is 0.0556. The van der Waals surface area contributed by atoms with Crippen LogP contribution in [-0.4, -0.2) is 5.91 Å². The summed E-state index contributed by atoms with van der Waals surface area (Å²) in [5.74, 6) is 0.0556. The molecule has 3 heteroatoms. The Hall–Kier alpha value is -0.100. The van der Waals surface area contributed by atoms with Gasteiger partial charge in [0.25, 0.3) is 0 Å². The fourth-order valence-corrected chi connectivity index (χ4v) is 0.306. The lowest BCUT2D eigenvalue weighted by atomic mass is 10.5. The third kappa shape index (κ3) is 2.16. The van der Waals surface area contributed by atoms with E-state index >= 15 is 0 Å². The molecule has 0 aliphatic carbocycles. The van der Waals surface area contributed by atoms with E-state index in [-0.39, 0.29) is 5.91 Å². The summed E-state index contributed by atoms with van der Waals surface area (Å²) in [4.78, 5) is 10.0. The molecule has 1 N–H and O–H groups in total. The van der Waals surface area contributed by atoms with Gasteiger partial charge in [-0.1, -0.05) is 6.92 Å². The zero-order chi connectivity index (χ0) is 4.99. The van der Waals surface area contributed by atoms with Crippen LogP contribution in [0.5, 0.6) is 0 Å². The highest BCUT2D eigenvalue weighted by Gasteiger charge is 1.84. The third-order valence-electron chi connectivity index (χ3n) is 0.482. The maximum absolute atomic E-state index is 10.0. The highest BCUT2D eigenvalue weighted by molar-refractivity contribution is 7.15. The molecule has 1 unspecified atom stereocenters. The minimum Gasteiger partial charge on any atom is -0.341 e. The van der Waals surface area contributed by atoms with E-state index in [1.807, 2.05) is 0 Å². The SMILES string of the molecule is CCC(=O)NP. The summed E-state index contributed by atoms with van der Waals surface area (Å²) in [5.41, 5.74) is 0. The third-order valence-corrected chi connectivity index (χ3v) is 0.804. The first-order valence-corrected chi connectivity index (χ1v) is 2.38. The van der Waals surface area contributed by atoms with Gasteiger partial charge in [-0.3, -0.25) is 4.79 Å². The van der Waals surface area contributed by atoms with Gasteiger partial charge in [0.05, 0.1) is 0 Å². The van der Waals surface area contributed by atoms with E-state index in [0.29, 0.717) is 6.42 Å². The number of nitrogens with one attached hydrogen (secondary N) is 1. The molecule has 1 atom stereocenters. The summed E-state index contributed by atoms with van der Waals surface area (Å²) in [5, 5.41) is 2.39. The van der Waals surface area contributed by atoms with Gasteiger partial charge in [0, 0.05) is 6.42 Å². The maximum atomic E-state index is 10.0. The fourth-order valence-electron chi connectivity index (χ4n) is 0.102. The molecule has 0 aliphatic rings. The highest BCUT2D eigenvalue weighted by atomic mass is 31.0. The predicted octanol–water partition coefficient (Wildman–Crippen LogP) is 0.303. The van der Waals surface area contributed by atoms with E-state index < -0.39 is 0 Å². The molecule has 0 radical (unpaired) electrons. The van der Waals surface area contributed by atoms with E-state index in [2.05, 4.69) is 14.5 Å². The van der Waals surface area contributed by atoms with Crippen molar-refractivity contribution in [3.63, 3.8) is 0 Å². The monoisotopic (exact) mass is 105 g/mol. The van der Waals surface area contributed by atoms with Crippen molar-refractivity contribution in [2.24, 2.45) is 0 Å². The Kier molecular flexibility index (Phi) is 3.05. The van der Waals surface area contributed by atoms with Crippen LogP contribution >= 0.6 is 9.39 Å². The molecular formula is C3H8NOP. The molecule has 0 rings (SSSR count). The molecule has 0 saturated carbocycles. The van der Waals surface area contributed by atoms with E-state index in [1.165, 1.54) is 0 Å².